The average molecular weight is 946 g/mol. The summed E-state index contributed by atoms with van der Waals surface area (Å²) in [4.78, 5) is 38.2. The van der Waals surface area contributed by atoms with E-state index in [4.69, 9.17) is 14.2 Å². The van der Waals surface area contributed by atoms with Crippen LogP contribution in [0.15, 0.2) is 12.2 Å². The van der Waals surface area contributed by atoms with Crippen molar-refractivity contribution in [1.29, 1.82) is 0 Å². The van der Waals surface area contributed by atoms with Crippen molar-refractivity contribution in [2.75, 3.05) is 13.2 Å². The highest BCUT2D eigenvalue weighted by Crippen LogP contribution is 2.17. The maximum Gasteiger partial charge on any atom is 0.306 e. The SMILES string of the molecule is CCCCCCCC/C=C\CCCCCCCCCC(=O)OCC(COC(=O)CCCCCCCCCCCCCCCCCC)OC(=O)CCCCCCCCCCCCCCCCCC. The highest BCUT2D eigenvalue weighted by Gasteiger charge is 2.19. The van der Waals surface area contributed by atoms with E-state index < -0.39 is 6.10 Å². The molecule has 0 aliphatic carbocycles. The summed E-state index contributed by atoms with van der Waals surface area (Å²) in [6.07, 6.45) is 64.9. The van der Waals surface area contributed by atoms with Crippen LogP contribution in [-0.2, 0) is 28.6 Å². The molecule has 6 heteroatoms. The summed E-state index contributed by atoms with van der Waals surface area (Å²) in [5, 5.41) is 0. The second-order valence-corrected chi connectivity index (χ2v) is 20.6. The molecule has 0 heterocycles. The molecule has 0 radical (unpaired) electrons. The molecule has 67 heavy (non-hydrogen) atoms. The summed E-state index contributed by atoms with van der Waals surface area (Å²) < 4.78 is 16.9. The summed E-state index contributed by atoms with van der Waals surface area (Å²) in [5.41, 5.74) is 0. The third-order valence-electron chi connectivity index (χ3n) is 13.8. The third-order valence-corrected chi connectivity index (χ3v) is 13.8. The number of hydrogen-bond acceptors (Lipinski definition) is 6. The first-order valence-corrected chi connectivity index (χ1v) is 30.2. The van der Waals surface area contributed by atoms with Crippen molar-refractivity contribution in [2.24, 2.45) is 0 Å². The predicted octanol–water partition coefficient (Wildman–Crippen LogP) is 20.1. The Morgan fingerprint density at radius 2 is 0.493 bits per heavy atom. The van der Waals surface area contributed by atoms with Gasteiger partial charge in [-0.1, -0.05) is 290 Å². The first kappa shape index (κ1) is 65.1. The van der Waals surface area contributed by atoms with Crippen LogP contribution in [0.25, 0.3) is 0 Å². The Balaban J connectivity index is 4.31. The zero-order chi connectivity index (χ0) is 48.6. The van der Waals surface area contributed by atoms with Gasteiger partial charge in [-0.25, -0.2) is 0 Å². The summed E-state index contributed by atoms with van der Waals surface area (Å²) >= 11 is 0. The normalized spacial score (nSPS) is 12.0. The molecule has 1 atom stereocenters. The van der Waals surface area contributed by atoms with Crippen LogP contribution in [0.1, 0.15) is 342 Å². The molecule has 6 nitrogen and oxygen atoms in total. The highest BCUT2D eigenvalue weighted by atomic mass is 16.6. The molecule has 0 fully saturated rings. The fourth-order valence-corrected chi connectivity index (χ4v) is 9.21. The lowest BCUT2D eigenvalue weighted by atomic mass is 10.0. The molecule has 0 aliphatic rings. The first-order valence-electron chi connectivity index (χ1n) is 30.2. The van der Waals surface area contributed by atoms with Gasteiger partial charge in [-0.05, 0) is 44.9 Å². The van der Waals surface area contributed by atoms with Crippen LogP contribution < -0.4 is 0 Å². The molecule has 0 aromatic rings. The van der Waals surface area contributed by atoms with Crippen LogP contribution in [-0.4, -0.2) is 37.2 Å². The minimum atomic E-state index is -0.766. The Morgan fingerprint density at radius 3 is 0.746 bits per heavy atom. The van der Waals surface area contributed by atoms with Crippen molar-refractivity contribution < 1.29 is 28.6 Å². The fourth-order valence-electron chi connectivity index (χ4n) is 9.21. The number of unbranched alkanes of at least 4 members (excludes halogenated alkanes) is 43. The van der Waals surface area contributed by atoms with Crippen molar-refractivity contribution in [2.45, 2.75) is 348 Å². The number of rotatable bonds is 56. The van der Waals surface area contributed by atoms with Crippen LogP contribution in [0.4, 0.5) is 0 Å². The van der Waals surface area contributed by atoms with Crippen LogP contribution >= 0.6 is 0 Å². The van der Waals surface area contributed by atoms with E-state index in [2.05, 4.69) is 32.9 Å². The lowest BCUT2D eigenvalue weighted by Crippen LogP contribution is -2.30. The summed E-state index contributed by atoms with van der Waals surface area (Å²) in [6, 6.07) is 0. The van der Waals surface area contributed by atoms with Crippen molar-refractivity contribution in [1.82, 2.24) is 0 Å². The monoisotopic (exact) mass is 945 g/mol. The van der Waals surface area contributed by atoms with Gasteiger partial charge in [-0.15, -0.1) is 0 Å². The molecule has 0 amide bonds. The zero-order valence-corrected chi connectivity index (χ0v) is 45.5. The van der Waals surface area contributed by atoms with E-state index >= 15 is 0 Å². The summed E-state index contributed by atoms with van der Waals surface area (Å²) in [5.74, 6) is -0.842. The molecular weight excluding hydrogens is 829 g/mol. The zero-order valence-electron chi connectivity index (χ0n) is 45.5. The van der Waals surface area contributed by atoms with E-state index in [0.717, 1.165) is 57.8 Å². The maximum absolute atomic E-state index is 12.9. The molecule has 0 aliphatic heterocycles. The Bertz CT molecular complexity index is 1040. The van der Waals surface area contributed by atoms with Gasteiger partial charge in [0.05, 0.1) is 0 Å². The minimum absolute atomic E-state index is 0.0649. The van der Waals surface area contributed by atoms with Crippen molar-refractivity contribution in [3.63, 3.8) is 0 Å². The van der Waals surface area contributed by atoms with E-state index in [1.807, 2.05) is 0 Å². The van der Waals surface area contributed by atoms with Gasteiger partial charge in [0.1, 0.15) is 13.2 Å². The fraction of sp³-hybridized carbons (Fsp3) is 0.918. The minimum Gasteiger partial charge on any atom is -0.462 e. The number of hydrogen-bond donors (Lipinski definition) is 0. The standard InChI is InChI=1S/C61H116O6/c1-4-7-10-13-16-19-22-25-28-31-34-36-39-42-45-48-51-54-60(63)66-57-58(67-61(64)55-52-49-46-43-40-37-33-30-27-24-21-18-15-12-9-6-3)56-65-59(62)53-50-47-44-41-38-35-32-29-26-23-20-17-14-11-8-5-2/h25,28,58H,4-24,26-27,29-57H2,1-3H3/b28-25-. The van der Waals surface area contributed by atoms with Crippen LogP contribution in [0.2, 0.25) is 0 Å². The first-order chi connectivity index (χ1) is 33.0. The number of ether oxygens (including phenoxy) is 3. The van der Waals surface area contributed by atoms with E-state index in [9.17, 15) is 14.4 Å². The lowest BCUT2D eigenvalue weighted by Gasteiger charge is -2.18. The summed E-state index contributed by atoms with van der Waals surface area (Å²) in [7, 11) is 0. The van der Waals surface area contributed by atoms with E-state index in [1.165, 1.54) is 244 Å². The Morgan fingerprint density at radius 1 is 0.284 bits per heavy atom. The van der Waals surface area contributed by atoms with Gasteiger partial charge in [0.15, 0.2) is 6.10 Å². The molecule has 0 bridgehead atoms. The molecule has 0 rings (SSSR count). The third kappa shape index (κ3) is 55.0. The van der Waals surface area contributed by atoms with Crippen molar-refractivity contribution in [3.8, 4) is 0 Å². The molecule has 396 valence electrons. The van der Waals surface area contributed by atoms with Crippen molar-refractivity contribution >= 4 is 17.9 Å². The van der Waals surface area contributed by atoms with E-state index in [1.54, 1.807) is 0 Å². The molecular formula is C61H116O6. The predicted molar refractivity (Wildman–Crippen MR) is 289 cm³/mol. The molecule has 0 N–H and O–H groups in total. The lowest BCUT2D eigenvalue weighted by molar-refractivity contribution is -0.167. The van der Waals surface area contributed by atoms with Gasteiger partial charge in [0.2, 0.25) is 0 Å². The highest BCUT2D eigenvalue weighted by molar-refractivity contribution is 5.71. The molecule has 1 unspecified atom stereocenters. The van der Waals surface area contributed by atoms with E-state index in [-0.39, 0.29) is 31.1 Å². The molecule has 0 aromatic carbocycles. The van der Waals surface area contributed by atoms with Gasteiger partial charge in [0.25, 0.3) is 0 Å². The topological polar surface area (TPSA) is 78.9 Å². The molecule has 0 spiro atoms. The number of esters is 3. The van der Waals surface area contributed by atoms with Crippen LogP contribution in [0, 0.1) is 0 Å². The number of carbonyl (C=O) groups excluding carboxylic acids is 3. The van der Waals surface area contributed by atoms with Crippen LogP contribution in [0.5, 0.6) is 0 Å². The van der Waals surface area contributed by atoms with Gasteiger partial charge >= 0.3 is 17.9 Å². The van der Waals surface area contributed by atoms with Crippen molar-refractivity contribution in [3.05, 3.63) is 12.2 Å². The molecule has 0 saturated carbocycles. The second-order valence-electron chi connectivity index (χ2n) is 20.6. The smallest absolute Gasteiger partial charge is 0.306 e. The number of allylic oxidation sites excluding steroid dienone is 2. The Hall–Kier alpha value is -1.85. The van der Waals surface area contributed by atoms with Gasteiger partial charge in [-0.2, -0.15) is 0 Å². The summed E-state index contributed by atoms with van der Waals surface area (Å²) in [6.45, 7) is 6.70. The van der Waals surface area contributed by atoms with Crippen LogP contribution in [0.3, 0.4) is 0 Å². The second kappa shape index (κ2) is 56.7. The number of carbonyl (C=O) groups is 3. The Labute approximate surface area is 418 Å². The van der Waals surface area contributed by atoms with Gasteiger partial charge in [-0.3, -0.25) is 14.4 Å². The average Bonchev–Trinajstić information content (AvgIpc) is 3.33. The maximum atomic E-state index is 12.9. The quantitative estimate of drug-likeness (QED) is 0.0262. The Kier molecular flexibility index (Phi) is 55.2. The van der Waals surface area contributed by atoms with E-state index in [0.29, 0.717) is 19.3 Å². The largest absolute Gasteiger partial charge is 0.462 e. The molecule has 0 aromatic heterocycles. The van der Waals surface area contributed by atoms with Gasteiger partial charge in [0, 0.05) is 19.3 Å². The van der Waals surface area contributed by atoms with Gasteiger partial charge < -0.3 is 14.2 Å². The molecule has 0 saturated heterocycles.